The molecular formula is C16H19N3O4S. The largest absolute Gasteiger partial charge is 0.481 e. The third-order valence-corrected chi connectivity index (χ3v) is 4.92. The number of nitrogens with zero attached hydrogens (tertiary/aromatic N) is 3. The molecule has 0 unspecified atom stereocenters. The molecule has 7 nitrogen and oxygen atoms in total. The van der Waals surface area contributed by atoms with Crippen molar-refractivity contribution in [3.05, 3.63) is 40.2 Å². The highest BCUT2D eigenvalue weighted by atomic mass is 32.1. The molecule has 0 spiro atoms. The minimum absolute atomic E-state index is 0.0237. The van der Waals surface area contributed by atoms with E-state index in [4.69, 9.17) is 9.52 Å². The predicted octanol–water partition coefficient (Wildman–Crippen LogP) is 1.36. The standard InChI is InChI=1S/C16H19N3O4S/c20-15(21)10-12-11-24-14(17-12)3-4-18-5-7-19(8-6-18)16(22)13-2-1-9-23-13/h1-2,9,11H,3-8,10H2,(H,20,21). The van der Waals surface area contributed by atoms with E-state index in [-0.39, 0.29) is 12.3 Å². The Kier molecular flexibility index (Phi) is 5.27. The lowest BCUT2D eigenvalue weighted by molar-refractivity contribution is -0.136. The quantitative estimate of drug-likeness (QED) is 0.847. The van der Waals surface area contributed by atoms with Crippen molar-refractivity contribution in [3.8, 4) is 0 Å². The minimum Gasteiger partial charge on any atom is -0.481 e. The number of piperazine rings is 1. The Hall–Kier alpha value is -2.19. The van der Waals surface area contributed by atoms with E-state index < -0.39 is 5.97 Å². The molecule has 0 bridgehead atoms. The fourth-order valence-electron chi connectivity index (χ4n) is 2.68. The number of hydrogen-bond donors (Lipinski definition) is 1. The summed E-state index contributed by atoms with van der Waals surface area (Å²) in [5.74, 6) is -0.528. The fourth-order valence-corrected chi connectivity index (χ4v) is 3.47. The van der Waals surface area contributed by atoms with Crippen LogP contribution in [0, 0.1) is 0 Å². The number of carbonyl (C=O) groups is 2. The van der Waals surface area contributed by atoms with Crippen molar-refractivity contribution in [2.45, 2.75) is 12.8 Å². The van der Waals surface area contributed by atoms with Gasteiger partial charge in [-0.15, -0.1) is 11.3 Å². The van der Waals surface area contributed by atoms with Gasteiger partial charge in [0, 0.05) is 44.5 Å². The van der Waals surface area contributed by atoms with Gasteiger partial charge >= 0.3 is 5.97 Å². The number of carboxylic acids is 1. The van der Waals surface area contributed by atoms with Gasteiger partial charge in [0.15, 0.2) is 5.76 Å². The molecule has 1 aliphatic rings. The van der Waals surface area contributed by atoms with Crippen molar-refractivity contribution in [2.75, 3.05) is 32.7 Å². The van der Waals surface area contributed by atoms with Gasteiger partial charge in [0.1, 0.15) is 0 Å². The van der Waals surface area contributed by atoms with E-state index in [9.17, 15) is 9.59 Å². The summed E-state index contributed by atoms with van der Waals surface area (Å²) < 4.78 is 5.16. The minimum atomic E-state index is -0.857. The lowest BCUT2D eigenvalue weighted by Crippen LogP contribution is -2.49. The Labute approximate surface area is 143 Å². The van der Waals surface area contributed by atoms with Gasteiger partial charge in [0.05, 0.1) is 23.4 Å². The molecule has 0 radical (unpaired) electrons. The number of rotatable bonds is 6. The van der Waals surface area contributed by atoms with E-state index in [0.717, 1.165) is 31.1 Å². The Morgan fingerprint density at radius 1 is 1.29 bits per heavy atom. The number of aliphatic carboxylic acids is 1. The van der Waals surface area contributed by atoms with Gasteiger partial charge in [-0.2, -0.15) is 0 Å². The summed E-state index contributed by atoms with van der Waals surface area (Å²) in [7, 11) is 0. The summed E-state index contributed by atoms with van der Waals surface area (Å²) in [4.78, 5) is 31.3. The molecule has 2 aromatic heterocycles. The Morgan fingerprint density at radius 3 is 2.75 bits per heavy atom. The lowest BCUT2D eigenvalue weighted by Gasteiger charge is -2.34. The number of amides is 1. The summed E-state index contributed by atoms with van der Waals surface area (Å²) >= 11 is 1.51. The van der Waals surface area contributed by atoms with Gasteiger partial charge < -0.3 is 14.4 Å². The van der Waals surface area contributed by atoms with Crippen LogP contribution in [0.5, 0.6) is 0 Å². The van der Waals surface area contributed by atoms with Crippen molar-refractivity contribution in [1.82, 2.24) is 14.8 Å². The molecular weight excluding hydrogens is 330 g/mol. The fraction of sp³-hybridized carbons (Fsp3) is 0.438. The van der Waals surface area contributed by atoms with Crippen molar-refractivity contribution in [3.63, 3.8) is 0 Å². The molecule has 3 rings (SSSR count). The van der Waals surface area contributed by atoms with Crippen LogP contribution in [0.4, 0.5) is 0 Å². The van der Waals surface area contributed by atoms with Crippen LogP contribution in [0.15, 0.2) is 28.2 Å². The second-order valence-electron chi connectivity index (χ2n) is 5.66. The van der Waals surface area contributed by atoms with Crippen LogP contribution in [0.1, 0.15) is 21.3 Å². The molecule has 0 saturated carbocycles. The van der Waals surface area contributed by atoms with E-state index in [1.165, 1.54) is 17.6 Å². The monoisotopic (exact) mass is 349 g/mol. The zero-order valence-electron chi connectivity index (χ0n) is 13.2. The molecule has 1 saturated heterocycles. The highest BCUT2D eigenvalue weighted by Crippen LogP contribution is 2.13. The van der Waals surface area contributed by atoms with Gasteiger partial charge in [0.25, 0.3) is 5.91 Å². The number of aromatic nitrogens is 1. The second-order valence-corrected chi connectivity index (χ2v) is 6.61. The predicted molar refractivity (Wildman–Crippen MR) is 88.2 cm³/mol. The van der Waals surface area contributed by atoms with Gasteiger partial charge in [-0.25, -0.2) is 4.98 Å². The smallest absolute Gasteiger partial charge is 0.309 e. The highest BCUT2D eigenvalue weighted by Gasteiger charge is 2.23. The molecule has 1 amide bonds. The first-order valence-electron chi connectivity index (χ1n) is 7.82. The van der Waals surface area contributed by atoms with Gasteiger partial charge in [0.2, 0.25) is 0 Å². The van der Waals surface area contributed by atoms with E-state index in [0.29, 0.717) is 24.5 Å². The molecule has 0 atom stereocenters. The van der Waals surface area contributed by atoms with Gasteiger partial charge in [-0.05, 0) is 12.1 Å². The Balaban J connectivity index is 1.43. The number of carbonyl (C=O) groups excluding carboxylic acids is 1. The first-order valence-corrected chi connectivity index (χ1v) is 8.70. The van der Waals surface area contributed by atoms with Crippen molar-refractivity contribution in [1.29, 1.82) is 0 Å². The maximum atomic E-state index is 12.2. The lowest BCUT2D eigenvalue weighted by atomic mass is 10.2. The number of furan rings is 1. The Morgan fingerprint density at radius 2 is 2.08 bits per heavy atom. The van der Waals surface area contributed by atoms with Crippen molar-refractivity contribution >= 4 is 23.2 Å². The third-order valence-electron chi connectivity index (χ3n) is 3.97. The number of hydrogen-bond acceptors (Lipinski definition) is 6. The van der Waals surface area contributed by atoms with Gasteiger partial charge in [-0.3, -0.25) is 14.5 Å². The first kappa shape index (κ1) is 16.7. The topological polar surface area (TPSA) is 86.9 Å². The summed E-state index contributed by atoms with van der Waals surface area (Å²) in [6.45, 7) is 3.87. The summed E-state index contributed by atoms with van der Waals surface area (Å²) in [5, 5.41) is 11.5. The Bertz CT molecular complexity index is 690. The second kappa shape index (κ2) is 7.59. The average Bonchev–Trinajstić information content (AvgIpc) is 3.24. The highest BCUT2D eigenvalue weighted by molar-refractivity contribution is 7.09. The van der Waals surface area contributed by atoms with E-state index in [2.05, 4.69) is 9.88 Å². The van der Waals surface area contributed by atoms with Crippen molar-refractivity contribution < 1.29 is 19.1 Å². The molecule has 1 N–H and O–H groups in total. The first-order chi connectivity index (χ1) is 11.6. The van der Waals surface area contributed by atoms with Crippen molar-refractivity contribution in [2.24, 2.45) is 0 Å². The van der Waals surface area contributed by atoms with E-state index in [1.54, 1.807) is 12.1 Å². The molecule has 2 aromatic rings. The van der Waals surface area contributed by atoms with Crippen LogP contribution in [0.25, 0.3) is 0 Å². The molecule has 8 heteroatoms. The van der Waals surface area contributed by atoms with Crippen LogP contribution in [0.2, 0.25) is 0 Å². The SMILES string of the molecule is O=C(O)Cc1csc(CCN2CCN(C(=O)c3ccco3)CC2)n1. The third kappa shape index (κ3) is 4.21. The normalized spacial score (nSPS) is 15.6. The summed E-state index contributed by atoms with van der Waals surface area (Å²) in [6.07, 6.45) is 2.29. The zero-order valence-corrected chi connectivity index (χ0v) is 14.0. The molecule has 1 fully saturated rings. The van der Waals surface area contributed by atoms with Crippen LogP contribution in [-0.2, 0) is 17.6 Å². The average molecular weight is 349 g/mol. The molecule has 128 valence electrons. The molecule has 0 aliphatic carbocycles. The maximum absolute atomic E-state index is 12.2. The van der Waals surface area contributed by atoms with Gasteiger partial charge in [-0.1, -0.05) is 0 Å². The van der Waals surface area contributed by atoms with E-state index >= 15 is 0 Å². The van der Waals surface area contributed by atoms with Crippen LogP contribution < -0.4 is 0 Å². The zero-order chi connectivity index (χ0) is 16.9. The maximum Gasteiger partial charge on any atom is 0.309 e. The molecule has 3 heterocycles. The van der Waals surface area contributed by atoms with Crippen LogP contribution >= 0.6 is 11.3 Å². The van der Waals surface area contributed by atoms with Crippen LogP contribution in [0.3, 0.4) is 0 Å². The summed E-state index contributed by atoms with van der Waals surface area (Å²) in [5.41, 5.74) is 0.622. The number of carboxylic acid groups (broad SMARTS) is 1. The molecule has 24 heavy (non-hydrogen) atoms. The summed E-state index contributed by atoms with van der Waals surface area (Å²) in [6, 6.07) is 3.40. The van der Waals surface area contributed by atoms with Crippen LogP contribution in [-0.4, -0.2) is 64.5 Å². The number of thiazole rings is 1. The van der Waals surface area contributed by atoms with E-state index in [1.807, 2.05) is 10.3 Å². The molecule has 0 aromatic carbocycles. The molecule has 1 aliphatic heterocycles.